The van der Waals surface area contributed by atoms with E-state index in [2.05, 4.69) is 108 Å². The molecule has 0 aliphatic heterocycles. The Morgan fingerprint density at radius 2 is 1.56 bits per heavy atom. The average Bonchev–Trinajstić information content (AvgIpc) is 3.28. The second-order valence-electron chi connectivity index (χ2n) is 8.06. The first-order chi connectivity index (χ1) is 16.1. The summed E-state index contributed by atoms with van der Waals surface area (Å²) in [7, 11) is 0. The average molecular weight is 458 g/mol. The topological polar surface area (TPSA) is 33.6 Å². The number of nitrogens with zero attached hydrogens (tertiary/aromatic N) is 2. The van der Waals surface area contributed by atoms with Crippen molar-refractivity contribution in [3.8, 4) is 22.5 Å². The normalized spacial score (nSPS) is 12.3. The SMILES string of the molecule is C.C=CC.CC.CC1(n2cccc2-c2ccccc2)CC1.CCc1ccc(-c2ccn[nH]2)cc1. The Morgan fingerprint density at radius 3 is 2.06 bits per heavy atom. The van der Waals surface area contributed by atoms with Crippen molar-refractivity contribution < 1.29 is 0 Å². The van der Waals surface area contributed by atoms with E-state index in [1.165, 1.54) is 35.2 Å². The van der Waals surface area contributed by atoms with Crippen molar-refractivity contribution in [2.75, 3.05) is 0 Å². The van der Waals surface area contributed by atoms with E-state index >= 15 is 0 Å². The third-order valence-electron chi connectivity index (χ3n) is 5.55. The summed E-state index contributed by atoms with van der Waals surface area (Å²) in [6.45, 7) is 13.7. The molecule has 3 heteroatoms. The van der Waals surface area contributed by atoms with E-state index in [9.17, 15) is 0 Å². The van der Waals surface area contributed by atoms with Crippen LogP contribution in [0.2, 0.25) is 0 Å². The third-order valence-corrected chi connectivity index (χ3v) is 5.55. The zero-order chi connectivity index (χ0) is 24.1. The van der Waals surface area contributed by atoms with Crippen LogP contribution in [0.4, 0.5) is 0 Å². The maximum atomic E-state index is 3.92. The quantitative estimate of drug-likeness (QED) is 0.304. The monoisotopic (exact) mass is 457 g/mol. The molecule has 1 saturated carbocycles. The molecule has 2 aromatic carbocycles. The minimum atomic E-state index is 0. The molecular formula is C31H43N3. The number of aryl methyl sites for hydroxylation is 1. The van der Waals surface area contributed by atoms with Gasteiger partial charge in [0.2, 0.25) is 0 Å². The lowest BCUT2D eigenvalue weighted by Crippen LogP contribution is -2.11. The number of rotatable bonds is 4. The van der Waals surface area contributed by atoms with Crippen molar-refractivity contribution in [1.29, 1.82) is 0 Å². The molecule has 1 aliphatic carbocycles. The predicted molar refractivity (Wildman–Crippen MR) is 150 cm³/mol. The summed E-state index contributed by atoms with van der Waals surface area (Å²) < 4.78 is 2.42. The van der Waals surface area contributed by atoms with Crippen molar-refractivity contribution >= 4 is 0 Å². The highest BCUT2D eigenvalue weighted by atomic mass is 15.1. The molecule has 1 N–H and O–H groups in total. The number of allylic oxidation sites excluding steroid dienone is 1. The van der Waals surface area contributed by atoms with Gasteiger partial charge in [-0.1, -0.05) is 88.9 Å². The standard InChI is InChI=1S/C14H15N.C11H12N2.C3H6.C2H6.CH4/c1-14(9-10-14)15-11-5-8-13(15)12-6-3-2-4-7-12;1-2-9-3-5-10(6-4-9)11-7-8-12-13-11;1-3-2;1-2;/h2-8,11H,9-10H2,1H3;3-8H,2H2,1H3,(H,12,13);3H,1H2,2H3;1-2H3;1H4. The van der Waals surface area contributed by atoms with Gasteiger partial charge in [-0.15, -0.1) is 6.58 Å². The minimum absolute atomic E-state index is 0. The van der Waals surface area contributed by atoms with Gasteiger partial charge < -0.3 is 4.57 Å². The van der Waals surface area contributed by atoms with Gasteiger partial charge in [0.15, 0.2) is 0 Å². The zero-order valence-electron chi connectivity index (χ0n) is 20.9. The molecule has 0 spiro atoms. The zero-order valence-corrected chi connectivity index (χ0v) is 20.9. The van der Waals surface area contributed by atoms with Gasteiger partial charge in [0, 0.05) is 23.6 Å². The van der Waals surface area contributed by atoms with E-state index in [0.29, 0.717) is 5.54 Å². The number of aromatic amines is 1. The molecule has 0 saturated heterocycles. The number of hydrogen-bond donors (Lipinski definition) is 1. The van der Waals surface area contributed by atoms with E-state index in [1.807, 2.05) is 26.8 Å². The Morgan fingerprint density at radius 1 is 0.941 bits per heavy atom. The molecule has 2 heterocycles. The first kappa shape index (κ1) is 28.7. The molecule has 5 rings (SSSR count). The Kier molecular flexibility index (Phi) is 12.4. The lowest BCUT2D eigenvalue weighted by atomic mass is 10.1. The second-order valence-corrected chi connectivity index (χ2v) is 8.06. The van der Waals surface area contributed by atoms with Gasteiger partial charge in [-0.05, 0) is 68.0 Å². The van der Waals surface area contributed by atoms with Crippen LogP contribution in [-0.4, -0.2) is 14.8 Å². The summed E-state index contributed by atoms with van der Waals surface area (Å²) in [6, 6.07) is 25.5. The Balaban J connectivity index is 0.000000282. The molecule has 4 aromatic rings. The predicted octanol–water partition coefficient (Wildman–Crippen LogP) is 9.16. The smallest absolute Gasteiger partial charge is 0.0650 e. The first-order valence-corrected chi connectivity index (χ1v) is 12.0. The van der Waals surface area contributed by atoms with Crippen LogP contribution in [0, 0.1) is 0 Å². The molecule has 3 nitrogen and oxygen atoms in total. The fourth-order valence-corrected chi connectivity index (χ4v) is 3.45. The summed E-state index contributed by atoms with van der Waals surface area (Å²) in [5.74, 6) is 0. The van der Waals surface area contributed by atoms with Gasteiger partial charge >= 0.3 is 0 Å². The van der Waals surface area contributed by atoms with Gasteiger partial charge in [0.1, 0.15) is 0 Å². The van der Waals surface area contributed by atoms with Crippen LogP contribution in [0.25, 0.3) is 22.5 Å². The van der Waals surface area contributed by atoms with Crippen LogP contribution >= 0.6 is 0 Å². The molecule has 1 aliphatic rings. The Hall–Kier alpha value is -3.33. The van der Waals surface area contributed by atoms with Gasteiger partial charge in [0.25, 0.3) is 0 Å². The summed E-state index contributed by atoms with van der Waals surface area (Å²) >= 11 is 0. The lowest BCUT2D eigenvalue weighted by Gasteiger charge is -2.16. The third kappa shape index (κ3) is 7.91. The minimum Gasteiger partial charge on any atom is -0.342 e. The number of aromatic nitrogens is 3. The molecule has 0 amide bonds. The molecule has 0 unspecified atom stereocenters. The van der Waals surface area contributed by atoms with Gasteiger partial charge in [-0.25, -0.2) is 0 Å². The second kappa shape index (κ2) is 14.7. The molecule has 0 bridgehead atoms. The van der Waals surface area contributed by atoms with Crippen LogP contribution in [0.3, 0.4) is 0 Å². The highest BCUT2D eigenvalue weighted by Crippen LogP contribution is 2.45. The van der Waals surface area contributed by atoms with Gasteiger partial charge in [0.05, 0.1) is 5.69 Å². The van der Waals surface area contributed by atoms with Crippen molar-refractivity contribution in [1.82, 2.24) is 14.8 Å². The van der Waals surface area contributed by atoms with Crippen LogP contribution in [-0.2, 0) is 12.0 Å². The van der Waals surface area contributed by atoms with E-state index in [-0.39, 0.29) is 7.43 Å². The molecule has 0 atom stereocenters. The summed E-state index contributed by atoms with van der Waals surface area (Å²) in [4.78, 5) is 0. The molecule has 2 aromatic heterocycles. The van der Waals surface area contributed by atoms with E-state index in [1.54, 1.807) is 12.3 Å². The maximum Gasteiger partial charge on any atom is 0.0650 e. The summed E-state index contributed by atoms with van der Waals surface area (Å²) in [5, 5.41) is 6.86. The van der Waals surface area contributed by atoms with Crippen molar-refractivity contribution in [2.45, 2.75) is 66.8 Å². The lowest BCUT2D eigenvalue weighted by molar-refractivity contribution is 0.541. The maximum absolute atomic E-state index is 3.92. The number of benzene rings is 2. The molecular weight excluding hydrogens is 414 g/mol. The van der Waals surface area contributed by atoms with E-state index in [4.69, 9.17) is 0 Å². The molecule has 0 radical (unpaired) electrons. The van der Waals surface area contributed by atoms with Crippen molar-refractivity contribution in [3.63, 3.8) is 0 Å². The van der Waals surface area contributed by atoms with Crippen molar-refractivity contribution in [3.05, 3.63) is 103 Å². The van der Waals surface area contributed by atoms with Crippen LogP contribution in [0.15, 0.2) is 97.8 Å². The fraction of sp³-hybridized carbons (Fsp3) is 0.323. The van der Waals surface area contributed by atoms with Crippen LogP contribution in [0.5, 0.6) is 0 Å². The van der Waals surface area contributed by atoms with Crippen LogP contribution < -0.4 is 0 Å². The molecule has 34 heavy (non-hydrogen) atoms. The van der Waals surface area contributed by atoms with Gasteiger partial charge in [-0.3, -0.25) is 5.10 Å². The highest BCUT2D eigenvalue weighted by molar-refractivity contribution is 5.60. The van der Waals surface area contributed by atoms with Crippen molar-refractivity contribution in [2.24, 2.45) is 0 Å². The highest BCUT2D eigenvalue weighted by Gasteiger charge is 2.39. The van der Waals surface area contributed by atoms with Gasteiger partial charge in [-0.2, -0.15) is 5.10 Å². The molecule has 182 valence electrons. The first-order valence-electron chi connectivity index (χ1n) is 12.0. The molecule has 1 fully saturated rings. The Labute approximate surface area is 207 Å². The number of H-pyrrole nitrogens is 1. The number of nitrogens with one attached hydrogen (secondary N) is 1. The van der Waals surface area contributed by atoms with Crippen LogP contribution in [0.1, 0.15) is 60.5 Å². The Bertz CT molecular complexity index is 1040. The van der Waals surface area contributed by atoms with E-state index in [0.717, 1.165) is 12.1 Å². The summed E-state index contributed by atoms with van der Waals surface area (Å²) in [6.07, 6.45) is 9.42. The fourth-order valence-electron chi connectivity index (χ4n) is 3.45. The number of hydrogen-bond acceptors (Lipinski definition) is 1. The summed E-state index contributed by atoms with van der Waals surface area (Å²) in [5.41, 5.74) is 6.67. The largest absolute Gasteiger partial charge is 0.342 e. The van der Waals surface area contributed by atoms with E-state index < -0.39 is 0 Å².